The van der Waals surface area contributed by atoms with Gasteiger partial charge in [-0.1, -0.05) is 115 Å². The lowest BCUT2D eigenvalue weighted by molar-refractivity contribution is 1.13. The maximum Gasteiger partial charge on any atom is 0.101 e. The molecule has 0 saturated heterocycles. The molecule has 0 bridgehead atoms. The molecule has 14 aromatic rings. The molecule has 0 aliphatic carbocycles. The average Bonchev–Trinajstić information content (AvgIpc) is 4.13. The van der Waals surface area contributed by atoms with E-state index in [0.717, 1.165) is 105 Å². The van der Waals surface area contributed by atoms with E-state index in [-0.39, 0.29) is 0 Å². The van der Waals surface area contributed by atoms with Gasteiger partial charge in [0, 0.05) is 60.0 Å². The van der Waals surface area contributed by atoms with E-state index in [1.807, 2.05) is 19.1 Å². The Hall–Kier alpha value is -9.62. The largest absolute Gasteiger partial charge is 0.309 e. The highest BCUT2D eigenvalue weighted by atomic mass is 15.0. The van der Waals surface area contributed by atoms with Crippen molar-refractivity contribution in [1.82, 2.24) is 18.3 Å². The first kappa shape index (κ1) is 38.6. The standard InChI is InChI=1S/C63H38N6/c1-39-30-40(37-64)32-41(31-39)51-36-62(68-58-24-12-6-18-49(58)52-34-43(26-28-60(52)68)66-54-20-8-2-14-45(54)46-15-3-9-21-55(46)66)42(38-65)33-63(51)69-59-25-13-7-19-50(59)53-35-44(27-29-61(53)69)67-56-22-10-4-16-47(56)48-17-5-11-23-57(48)67/h2-36H,1H3. The van der Waals surface area contributed by atoms with Gasteiger partial charge in [0.15, 0.2) is 0 Å². The van der Waals surface area contributed by atoms with Crippen LogP contribution in [-0.4, -0.2) is 18.3 Å². The van der Waals surface area contributed by atoms with E-state index in [9.17, 15) is 10.5 Å². The first-order chi connectivity index (χ1) is 34.1. The van der Waals surface area contributed by atoms with Crippen molar-refractivity contribution in [3.8, 4) is 46.0 Å². The minimum atomic E-state index is 0.531. The molecule has 0 fully saturated rings. The summed E-state index contributed by atoms with van der Waals surface area (Å²) in [4.78, 5) is 0. The number of rotatable bonds is 5. The highest BCUT2D eigenvalue weighted by Crippen LogP contribution is 2.43. The van der Waals surface area contributed by atoms with Gasteiger partial charge >= 0.3 is 0 Å². The van der Waals surface area contributed by atoms with Gasteiger partial charge in [0.1, 0.15) is 6.07 Å². The van der Waals surface area contributed by atoms with Gasteiger partial charge in [-0.3, -0.25) is 0 Å². The topological polar surface area (TPSA) is 67.3 Å². The fourth-order valence-electron chi connectivity index (χ4n) is 11.4. The number of aryl methyl sites for hydroxylation is 1. The Bertz CT molecular complexity index is 4490. The van der Waals surface area contributed by atoms with Gasteiger partial charge < -0.3 is 18.3 Å². The Morgan fingerprint density at radius 1 is 0.319 bits per heavy atom. The summed E-state index contributed by atoms with van der Waals surface area (Å²) in [6.45, 7) is 2.03. The van der Waals surface area contributed by atoms with Crippen LogP contribution in [0.25, 0.3) is 121 Å². The molecule has 4 heterocycles. The summed E-state index contributed by atoms with van der Waals surface area (Å²) in [6, 6.07) is 80.2. The first-order valence-electron chi connectivity index (χ1n) is 23.2. The van der Waals surface area contributed by atoms with E-state index in [4.69, 9.17) is 0 Å². The number of nitriles is 2. The minimum Gasteiger partial charge on any atom is -0.309 e. The van der Waals surface area contributed by atoms with Crippen LogP contribution in [0.2, 0.25) is 0 Å². The monoisotopic (exact) mass is 878 g/mol. The zero-order chi connectivity index (χ0) is 45.9. The molecule has 0 radical (unpaired) electrons. The van der Waals surface area contributed by atoms with Gasteiger partial charge in [0.05, 0.1) is 72.7 Å². The summed E-state index contributed by atoms with van der Waals surface area (Å²) in [5.41, 5.74) is 16.3. The number of aromatic nitrogens is 4. The summed E-state index contributed by atoms with van der Waals surface area (Å²) in [5.74, 6) is 0. The van der Waals surface area contributed by atoms with Gasteiger partial charge in [-0.15, -0.1) is 0 Å². The smallest absolute Gasteiger partial charge is 0.101 e. The Kier molecular flexibility index (Phi) is 8.23. The Morgan fingerprint density at radius 2 is 0.696 bits per heavy atom. The molecule has 0 unspecified atom stereocenters. The Morgan fingerprint density at radius 3 is 1.12 bits per heavy atom. The maximum atomic E-state index is 11.4. The molecule has 0 aliphatic heterocycles. The van der Waals surface area contributed by atoms with E-state index < -0.39 is 0 Å². The third-order valence-electron chi connectivity index (χ3n) is 14.2. The molecule has 6 nitrogen and oxygen atoms in total. The first-order valence-corrected chi connectivity index (χ1v) is 23.2. The predicted octanol–water partition coefficient (Wildman–Crippen LogP) is 15.8. The second kappa shape index (κ2) is 14.7. The van der Waals surface area contributed by atoms with Crippen molar-refractivity contribution in [3.63, 3.8) is 0 Å². The fourth-order valence-corrected chi connectivity index (χ4v) is 11.4. The van der Waals surface area contributed by atoms with E-state index in [2.05, 4.69) is 231 Å². The highest BCUT2D eigenvalue weighted by Gasteiger charge is 2.24. The average molecular weight is 879 g/mol. The Labute approximate surface area is 396 Å². The number of benzene rings is 10. The SMILES string of the molecule is Cc1cc(C#N)cc(-c2cc(-n3c4ccccc4c4cc(-n5c6ccccc6c6ccccc65)ccc43)c(C#N)cc2-n2c3ccccc3c3cc(-n4c5ccccc5c5ccccc54)ccc32)c1. The second-order valence-corrected chi connectivity index (χ2v) is 18.0. The lowest BCUT2D eigenvalue weighted by atomic mass is 9.96. The van der Waals surface area contributed by atoms with E-state index in [0.29, 0.717) is 11.1 Å². The number of nitrogens with zero attached hydrogens (tertiary/aromatic N) is 6. The van der Waals surface area contributed by atoms with Crippen LogP contribution >= 0.6 is 0 Å². The van der Waals surface area contributed by atoms with Crippen LogP contribution in [0.5, 0.6) is 0 Å². The highest BCUT2D eigenvalue weighted by molar-refractivity contribution is 6.14. The van der Waals surface area contributed by atoms with Crippen molar-refractivity contribution < 1.29 is 0 Å². The van der Waals surface area contributed by atoms with E-state index in [1.54, 1.807) is 0 Å². The molecule has 0 amide bonds. The van der Waals surface area contributed by atoms with Gasteiger partial charge in [-0.05, 0) is 115 Å². The van der Waals surface area contributed by atoms with Gasteiger partial charge in [0.25, 0.3) is 0 Å². The van der Waals surface area contributed by atoms with Gasteiger partial charge in [-0.2, -0.15) is 10.5 Å². The normalized spacial score (nSPS) is 11.8. The van der Waals surface area contributed by atoms with Crippen LogP contribution in [0.1, 0.15) is 16.7 Å². The molecule has 0 aliphatic rings. The van der Waals surface area contributed by atoms with Crippen LogP contribution in [-0.2, 0) is 0 Å². The van der Waals surface area contributed by atoms with Crippen LogP contribution in [0.3, 0.4) is 0 Å². The minimum absolute atomic E-state index is 0.531. The van der Waals surface area contributed by atoms with Crippen molar-refractivity contribution in [3.05, 3.63) is 229 Å². The molecule has 0 saturated carbocycles. The van der Waals surface area contributed by atoms with Crippen LogP contribution in [0.15, 0.2) is 212 Å². The van der Waals surface area contributed by atoms with E-state index in [1.165, 1.54) is 21.5 Å². The van der Waals surface area contributed by atoms with Crippen LogP contribution in [0.4, 0.5) is 0 Å². The summed E-state index contributed by atoms with van der Waals surface area (Å²) in [5, 5.41) is 30.9. The number of hydrogen-bond acceptors (Lipinski definition) is 2. The summed E-state index contributed by atoms with van der Waals surface area (Å²) in [7, 11) is 0. The predicted molar refractivity (Wildman–Crippen MR) is 283 cm³/mol. The Balaban J connectivity index is 1.03. The molecule has 320 valence electrons. The summed E-state index contributed by atoms with van der Waals surface area (Å²) < 4.78 is 9.26. The quantitative estimate of drug-likeness (QED) is 0.173. The molecule has 14 rings (SSSR count). The van der Waals surface area contributed by atoms with Gasteiger partial charge in [0.2, 0.25) is 0 Å². The zero-order valence-electron chi connectivity index (χ0n) is 37.4. The van der Waals surface area contributed by atoms with Crippen molar-refractivity contribution in [1.29, 1.82) is 10.5 Å². The molecule has 69 heavy (non-hydrogen) atoms. The molecule has 0 N–H and O–H groups in total. The van der Waals surface area contributed by atoms with Gasteiger partial charge in [-0.25, -0.2) is 0 Å². The van der Waals surface area contributed by atoms with Crippen LogP contribution in [0, 0.1) is 29.6 Å². The third-order valence-corrected chi connectivity index (χ3v) is 14.2. The van der Waals surface area contributed by atoms with Crippen molar-refractivity contribution >= 4 is 87.2 Å². The molecular formula is C63H38N6. The molecule has 4 aromatic heterocycles. The summed E-state index contributed by atoms with van der Waals surface area (Å²) in [6.07, 6.45) is 0. The lowest BCUT2D eigenvalue weighted by Gasteiger charge is -2.19. The third kappa shape index (κ3) is 5.58. The van der Waals surface area contributed by atoms with Crippen molar-refractivity contribution in [2.75, 3.05) is 0 Å². The van der Waals surface area contributed by atoms with Crippen molar-refractivity contribution in [2.45, 2.75) is 6.92 Å². The number of hydrogen-bond donors (Lipinski definition) is 0. The summed E-state index contributed by atoms with van der Waals surface area (Å²) >= 11 is 0. The molecule has 0 atom stereocenters. The number of para-hydroxylation sites is 6. The fraction of sp³-hybridized carbons (Fsp3) is 0.0159. The molecule has 6 heteroatoms. The zero-order valence-corrected chi connectivity index (χ0v) is 37.4. The number of fused-ring (bicyclic) bond motifs is 12. The molecule has 0 spiro atoms. The van der Waals surface area contributed by atoms with Crippen LogP contribution < -0.4 is 0 Å². The van der Waals surface area contributed by atoms with Crippen molar-refractivity contribution in [2.24, 2.45) is 0 Å². The molecular weight excluding hydrogens is 841 g/mol. The van der Waals surface area contributed by atoms with E-state index >= 15 is 0 Å². The maximum absolute atomic E-state index is 11.4. The lowest BCUT2D eigenvalue weighted by Crippen LogP contribution is -2.04. The second-order valence-electron chi connectivity index (χ2n) is 18.0. The molecule has 10 aromatic carbocycles.